The van der Waals surface area contributed by atoms with E-state index in [0.29, 0.717) is 13.0 Å². The second kappa shape index (κ2) is 7.38. The maximum Gasteiger partial charge on any atom is 0.317 e. The molecule has 1 N–H and O–H groups in total. The number of carbonyl (C=O) groups is 1. The van der Waals surface area contributed by atoms with Crippen molar-refractivity contribution in [3.63, 3.8) is 0 Å². The van der Waals surface area contributed by atoms with Gasteiger partial charge in [0.15, 0.2) is 0 Å². The van der Waals surface area contributed by atoms with E-state index in [1.807, 2.05) is 64.2 Å². The first-order valence-electron chi connectivity index (χ1n) is 8.93. The Labute approximate surface area is 157 Å². The molecule has 1 saturated heterocycles. The molecular weight excluding hydrogens is 348 g/mol. The number of pyridine rings is 1. The number of rotatable bonds is 4. The number of hydrogen-bond donors (Lipinski definition) is 1. The van der Waals surface area contributed by atoms with Crippen molar-refractivity contribution in [1.82, 2.24) is 19.6 Å². The fourth-order valence-corrected chi connectivity index (χ4v) is 3.67. The lowest BCUT2D eigenvalue weighted by Gasteiger charge is -2.25. The molecule has 3 heterocycles. The maximum absolute atomic E-state index is 12.6. The minimum atomic E-state index is -0.00814. The van der Waals surface area contributed by atoms with Crippen LogP contribution in [-0.2, 0) is 6.42 Å². The molecule has 0 radical (unpaired) electrons. The number of benzene rings is 1. The zero-order chi connectivity index (χ0) is 17.9. The quantitative estimate of drug-likeness (QED) is 0.754. The molecule has 2 aromatic heterocycles. The largest absolute Gasteiger partial charge is 0.338 e. The number of likely N-dealkylation sites (tertiary alicyclic amines) is 1. The number of halogens is 1. The molecule has 1 aliphatic rings. The van der Waals surface area contributed by atoms with Crippen LogP contribution < -0.4 is 5.32 Å². The number of hydrogen-bond acceptors (Lipinski definition) is 2. The summed E-state index contributed by atoms with van der Waals surface area (Å²) in [6.07, 6.45) is 6.71. The van der Waals surface area contributed by atoms with E-state index in [0.717, 1.165) is 41.3 Å². The second-order valence-corrected chi connectivity index (χ2v) is 7.02. The van der Waals surface area contributed by atoms with Gasteiger partial charge in [-0.25, -0.2) is 9.78 Å². The summed E-state index contributed by atoms with van der Waals surface area (Å²) in [6.45, 7) is 1.36. The summed E-state index contributed by atoms with van der Waals surface area (Å²) in [5.74, 6) is 0. The van der Waals surface area contributed by atoms with Gasteiger partial charge in [-0.05, 0) is 42.7 Å². The first-order valence-corrected chi connectivity index (χ1v) is 9.31. The van der Waals surface area contributed by atoms with E-state index in [-0.39, 0.29) is 12.1 Å². The van der Waals surface area contributed by atoms with Gasteiger partial charge in [-0.1, -0.05) is 29.8 Å². The maximum atomic E-state index is 12.6. The van der Waals surface area contributed by atoms with Crippen LogP contribution in [0.5, 0.6) is 0 Å². The highest BCUT2D eigenvalue weighted by Gasteiger charge is 2.29. The Balaban J connectivity index is 1.35. The predicted octanol–water partition coefficient (Wildman–Crippen LogP) is 4.08. The third-order valence-electron chi connectivity index (χ3n) is 4.84. The van der Waals surface area contributed by atoms with E-state index < -0.39 is 0 Å². The van der Waals surface area contributed by atoms with Gasteiger partial charge in [0, 0.05) is 36.9 Å². The van der Waals surface area contributed by atoms with Crippen molar-refractivity contribution in [2.24, 2.45) is 0 Å². The van der Waals surface area contributed by atoms with Crippen LogP contribution in [0.1, 0.15) is 30.1 Å². The van der Waals surface area contributed by atoms with Gasteiger partial charge in [0.1, 0.15) is 5.65 Å². The molecule has 134 valence electrons. The fraction of sp³-hybridized carbons (Fsp3) is 0.300. The molecule has 2 amide bonds. The lowest BCUT2D eigenvalue weighted by atomic mass is 10.1. The normalized spacial score (nSPS) is 17.0. The summed E-state index contributed by atoms with van der Waals surface area (Å²) in [4.78, 5) is 19.1. The van der Waals surface area contributed by atoms with Crippen LogP contribution in [0.25, 0.3) is 5.65 Å². The van der Waals surface area contributed by atoms with Crippen LogP contribution in [0.3, 0.4) is 0 Å². The first-order chi connectivity index (χ1) is 12.7. The van der Waals surface area contributed by atoms with Gasteiger partial charge in [-0.3, -0.25) is 0 Å². The second-order valence-electron chi connectivity index (χ2n) is 6.58. The summed E-state index contributed by atoms with van der Waals surface area (Å²) in [6, 6.07) is 13.8. The molecule has 1 fully saturated rings. The molecule has 0 saturated carbocycles. The Bertz CT molecular complexity index is 873. The van der Waals surface area contributed by atoms with E-state index >= 15 is 0 Å². The summed E-state index contributed by atoms with van der Waals surface area (Å²) >= 11 is 5.97. The number of nitrogens with one attached hydrogen (secondary N) is 1. The molecule has 1 unspecified atom stereocenters. The molecule has 3 aromatic rings. The highest BCUT2D eigenvalue weighted by Crippen LogP contribution is 2.32. The molecule has 1 aliphatic heterocycles. The zero-order valence-electron chi connectivity index (χ0n) is 14.4. The Hall–Kier alpha value is -2.53. The molecule has 0 bridgehead atoms. The van der Waals surface area contributed by atoms with E-state index in [2.05, 4.69) is 10.3 Å². The highest BCUT2D eigenvalue weighted by atomic mass is 35.5. The molecule has 6 heteroatoms. The minimum absolute atomic E-state index is 0.00814. The highest BCUT2D eigenvalue weighted by molar-refractivity contribution is 6.30. The Morgan fingerprint density at radius 1 is 1.23 bits per heavy atom. The first kappa shape index (κ1) is 16.9. The fourth-order valence-electron chi connectivity index (χ4n) is 3.55. The van der Waals surface area contributed by atoms with Crippen LogP contribution in [0.2, 0.25) is 5.02 Å². The number of fused-ring (bicyclic) bond motifs is 1. The molecule has 5 nitrogen and oxygen atoms in total. The predicted molar refractivity (Wildman–Crippen MR) is 102 cm³/mol. The van der Waals surface area contributed by atoms with Gasteiger partial charge < -0.3 is 14.6 Å². The molecule has 26 heavy (non-hydrogen) atoms. The van der Waals surface area contributed by atoms with Gasteiger partial charge in [-0.15, -0.1) is 0 Å². The van der Waals surface area contributed by atoms with Gasteiger partial charge in [0.25, 0.3) is 0 Å². The lowest BCUT2D eigenvalue weighted by Crippen LogP contribution is -2.40. The molecule has 0 aliphatic carbocycles. The Kier molecular flexibility index (Phi) is 4.80. The van der Waals surface area contributed by atoms with Crippen LogP contribution in [0.4, 0.5) is 4.79 Å². The van der Waals surface area contributed by atoms with E-state index in [1.165, 1.54) is 0 Å². The van der Waals surface area contributed by atoms with Crippen LogP contribution in [0, 0.1) is 0 Å². The molecule has 1 atom stereocenters. The summed E-state index contributed by atoms with van der Waals surface area (Å²) in [5.41, 5.74) is 3.05. The zero-order valence-corrected chi connectivity index (χ0v) is 15.2. The average Bonchev–Trinajstić information content (AvgIpc) is 3.29. The van der Waals surface area contributed by atoms with Crippen molar-refractivity contribution in [3.05, 3.63) is 71.1 Å². The van der Waals surface area contributed by atoms with Crippen molar-refractivity contribution < 1.29 is 4.79 Å². The number of amides is 2. The number of imidazole rings is 1. The van der Waals surface area contributed by atoms with Crippen LogP contribution >= 0.6 is 11.6 Å². The minimum Gasteiger partial charge on any atom is -0.338 e. The third kappa shape index (κ3) is 3.53. The van der Waals surface area contributed by atoms with Crippen molar-refractivity contribution in [1.29, 1.82) is 0 Å². The summed E-state index contributed by atoms with van der Waals surface area (Å²) in [5, 5.41) is 3.76. The molecular formula is C20H21ClN4O. The van der Waals surface area contributed by atoms with Crippen molar-refractivity contribution in [2.45, 2.75) is 25.3 Å². The van der Waals surface area contributed by atoms with Gasteiger partial charge in [0.05, 0.1) is 11.7 Å². The Morgan fingerprint density at radius 3 is 2.88 bits per heavy atom. The van der Waals surface area contributed by atoms with Crippen LogP contribution in [0.15, 0.2) is 54.9 Å². The smallest absolute Gasteiger partial charge is 0.317 e. The molecule has 0 spiro atoms. The van der Waals surface area contributed by atoms with Gasteiger partial charge >= 0.3 is 6.03 Å². The monoisotopic (exact) mass is 368 g/mol. The number of nitrogens with zero attached hydrogens (tertiary/aromatic N) is 3. The third-order valence-corrected chi connectivity index (χ3v) is 5.09. The lowest BCUT2D eigenvalue weighted by molar-refractivity contribution is 0.193. The van der Waals surface area contributed by atoms with Crippen molar-refractivity contribution >= 4 is 23.3 Å². The molecule has 1 aromatic carbocycles. The average molecular weight is 369 g/mol. The standard InChI is InChI=1S/C20H21ClN4O/c21-16-8-6-15(7-9-16)18-4-3-13-25(18)20(26)22-11-10-17-14-24-12-2-1-5-19(24)23-17/h1-2,5-9,12,14,18H,3-4,10-11,13H2,(H,22,26). The van der Waals surface area contributed by atoms with E-state index in [1.54, 1.807) is 0 Å². The number of aromatic nitrogens is 2. The summed E-state index contributed by atoms with van der Waals surface area (Å²) in [7, 11) is 0. The van der Waals surface area contributed by atoms with E-state index in [9.17, 15) is 4.79 Å². The van der Waals surface area contributed by atoms with E-state index in [4.69, 9.17) is 11.6 Å². The summed E-state index contributed by atoms with van der Waals surface area (Å²) < 4.78 is 1.99. The van der Waals surface area contributed by atoms with Gasteiger partial charge in [0.2, 0.25) is 0 Å². The number of urea groups is 1. The Morgan fingerprint density at radius 2 is 2.08 bits per heavy atom. The van der Waals surface area contributed by atoms with Crippen molar-refractivity contribution in [2.75, 3.05) is 13.1 Å². The van der Waals surface area contributed by atoms with Crippen molar-refractivity contribution in [3.8, 4) is 0 Å². The molecule has 4 rings (SSSR count). The SMILES string of the molecule is O=C(NCCc1cn2ccccc2n1)N1CCCC1c1ccc(Cl)cc1. The van der Waals surface area contributed by atoms with Crippen LogP contribution in [-0.4, -0.2) is 33.4 Å². The van der Waals surface area contributed by atoms with Gasteiger partial charge in [-0.2, -0.15) is 0 Å². The number of carbonyl (C=O) groups excluding carboxylic acids is 1. The topological polar surface area (TPSA) is 49.6 Å².